The van der Waals surface area contributed by atoms with Crippen LogP contribution in [0.5, 0.6) is 0 Å². The average Bonchev–Trinajstić information content (AvgIpc) is 3.14. The average molecular weight is 283 g/mol. The van der Waals surface area contributed by atoms with Crippen LogP contribution in [0.3, 0.4) is 0 Å². The smallest absolute Gasteiger partial charge is 0.224 e. The predicted molar refractivity (Wildman–Crippen MR) is 81.1 cm³/mol. The molecule has 0 aliphatic heterocycles. The van der Waals surface area contributed by atoms with Gasteiger partial charge >= 0.3 is 0 Å². The fourth-order valence-electron chi connectivity index (χ4n) is 2.27. The second-order valence-corrected chi connectivity index (χ2v) is 4.91. The summed E-state index contributed by atoms with van der Waals surface area (Å²) in [6, 6.07) is 9.60. The molecule has 0 unspecified atom stereocenters. The van der Waals surface area contributed by atoms with E-state index in [0.29, 0.717) is 12.8 Å². The number of benzene rings is 1. The van der Waals surface area contributed by atoms with Crippen molar-refractivity contribution in [2.75, 3.05) is 5.32 Å². The van der Waals surface area contributed by atoms with Crippen LogP contribution in [0.4, 0.5) is 5.69 Å². The minimum Gasteiger partial charge on any atom is -0.466 e. The Morgan fingerprint density at radius 1 is 1.29 bits per heavy atom. The van der Waals surface area contributed by atoms with Gasteiger partial charge in [-0.1, -0.05) is 19.1 Å². The number of aryl methyl sites for hydroxylation is 2. The van der Waals surface area contributed by atoms with E-state index in [-0.39, 0.29) is 5.91 Å². The lowest BCUT2D eigenvalue weighted by atomic mass is 10.2. The second kappa shape index (κ2) is 5.83. The number of fused-ring (bicyclic) bond motifs is 1. The number of carbonyl (C=O) groups is 1. The molecule has 3 rings (SSSR count). The van der Waals surface area contributed by atoms with Gasteiger partial charge in [0.1, 0.15) is 11.5 Å². The van der Waals surface area contributed by atoms with Gasteiger partial charge in [-0.2, -0.15) is 5.10 Å². The van der Waals surface area contributed by atoms with Crippen molar-refractivity contribution in [3.05, 3.63) is 48.0 Å². The Hall–Kier alpha value is -2.56. The molecule has 0 aliphatic carbocycles. The third-order valence-corrected chi connectivity index (χ3v) is 3.41. The van der Waals surface area contributed by atoms with Crippen LogP contribution in [0.15, 0.2) is 40.9 Å². The molecule has 3 aromatic rings. The summed E-state index contributed by atoms with van der Waals surface area (Å²) < 4.78 is 5.60. The molecule has 0 fully saturated rings. The van der Waals surface area contributed by atoms with Gasteiger partial charge in [-0.15, -0.1) is 0 Å². The number of H-pyrrole nitrogens is 1. The van der Waals surface area contributed by atoms with Crippen molar-refractivity contribution in [1.82, 2.24) is 10.2 Å². The maximum atomic E-state index is 12.0. The predicted octanol–water partition coefficient (Wildman–Crippen LogP) is 3.29. The molecule has 5 nitrogen and oxygen atoms in total. The van der Waals surface area contributed by atoms with Crippen LogP contribution in [0.25, 0.3) is 10.9 Å². The Labute approximate surface area is 122 Å². The molecule has 0 spiro atoms. The first-order valence-corrected chi connectivity index (χ1v) is 7.06. The minimum atomic E-state index is -0.0356. The van der Waals surface area contributed by atoms with Gasteiger partial charge in [0, 0.05) is 24.6 Å². The van der Waals surface area contributed by atoms with Crippen LogP contribution in [-0.2, 0) is 17.6 Å². The summed E-state index contributed by atoms with van der Waals surface area (Å²) in [5.41, 5.74) is 1.60. The summed E-state index contributed by atoms with van der Waals surface area (Å²) in [5, 5.41) is 10.8. The number of furan rings is 1. The van der Waals surface area contributed by atoms with E-state index in [4.69, 9.17) is 4.42 Å². The van der Waals surface area contributed by atoms with Crippen LogP contribution in [-0.4, -0.2) is 16.1 Å². The van der Waals surface area contributed by atoms with Crippen molar-refractivity contribution in [1.29, 1.82) is 0 Å². The number of aromatic amines is 1. The van der Waals surface area contributed by atoms with Gasteiger partial charge in [0.15, 0.2) is 0 Å². The van der Waals surface area contributed by atoms with E-state index in [1.54, 1.807) is 6.20 Å². The van der Waals surface area contributed by atoms with Crippen molar-refractivity contribution in [2.45, 2.75) is 26.2 Å². The fourth-order valence-corrected chi connectivity index (χ4v) is 2.27. The van der Waals surface area contributed by atoms with Crippen LogP contribution in [0, 0.1) is 0 Å². The van der Waals surface area contributed by atoms with Crippen LogP contribution < -0.4 is 5.32 Å². The van der Waals surface area contributed by atoms with E-state index < -0.39 is 0 Å². The first-order valence-electron chi connectivity index (χ1n) is 7.06. The number of amides is 1. The zero-order valence-electron chi connectivity index (χ0n) is 11.8. The van der Waals surface area contributed by atoms with Crippen molar-refractivity contribution < 1.29 is 9.21 Å². The van der Waals surface area contributed by atoms with Crippen molar-refractivity contribution >= 4 is 22.5 Å². The summed E-state index contributed by atoms with van der Waals surface area (Å²) in [4.78, 5) is 12.0. The number of nitrogens with one attached hydrogen (secondary N) is 2. The standard InChI is InChI=1S/C16H17N3O2/c1-2-12-6-7-13(21-12)8-9-15(20)18-14-5-3-4-11-10-17-19-16(11)14/h3-7,10H,2,8-9H2,1H3,(H,17,19)(H,18,20). The number of nitrogens with zero attached hydrogens (tertiary/aromatic N) is 1. The highest BCUT2D eigenvalue weighted by Gasteiger charge is 2.08. The largest absolute Gasteiger partial charge is 0.466 e. The normalized spacial score (nSPS) is 10.9. The number of anilines is 1. The molecule has 2 aromatic heterocycles. The third kappa shape index (κ3) is 2.97. The summed E-state index contributed by atoms with van der Waals surface area (Å²) in [6.45, 7) is 2.04. The minimum absolute atomic E-state index is 0.0356. The van der Waals surface area contributed by atoms with Crippen molar-refractivity contribution in [3.63, 3.8) is 0 Å². The summed E-state index contributed by atoms with van der Waals surface area (Å²) in [5.74, 6) is 1.76. The second-order valence-electron chi connectivity index (χ2n) is 4.91. The van der Waals surface area contributed by atoms with Crippen LogP contribution >= 0.6 is 0 Å². The lowest BCUT2D eigenvalue weighted by molar-refractivity contribution is -0.116. The summed E-state index contributed by atoms with van der Waals surface area (Å²) in [6.07, 6.45) is 3.60. The lowest BCUT2D eigenvalue weighted by Gasteiger charge is -2.05. The van der Waals surface area contributed by atoms with E-state index in [1.807, 2.05) is 37.3 Å². The molecule has 0 saturated heterocycles. The number of hydrogen-bond donors (Lipinski definition) is 2. The molecule has 1 amide bonds. The molecular weight excluding hydrogens is 266 g/mol. The first-order chi connectivity index (χ1) is 10.3. The van der Waals surface area contributed by atoms with E-state index in [2.05, 4.69) is 15.5 Å². The zero-order chi connectivity index (χ0) is 14.7. The van der Waals surface area contributed by atoms with Crippen molar-refractivity contribution in [2.24, 2.45) is 0 Å². The highest BCUT2D eigenvalue weighted by molar-refractivity contribution is 6.00. The number of rotatable bonds is 5. The van der Waals surface area contributed by atoms with Gasteiger partial charge in [0.2, 0.25) is 5.91 Å². The fraction of sp³-hybridized carbons (Fsp3) is 0.250. The number of aromatic nitrogens is 2. The van der Waals surface area contributed by atoms with Crippen LogP contribution in [0.2, 0.25) is 0 Å². The van der Waals surface area contributed by atoms with Gasteiger partial charge in [-0.05, 0) is 18.2 Å². The van der Waals surface area contributed by atoms with Crippen LogP contribution in [0.1, 0.15) is 24.9 Å². The number of carbonyl (C=O) groups excluding carboxylic acids is 1. The molecule has 0 bridgehead atoms. The summed E-state index contributed by atoms with van der Waals surface area (Å²) >= 11 is 0. The highest BCUT2D eigenvalue weighted by atomic mass is 16.3. The molecule has 0 radical (unpaired) electrons. The third-order valence-electron chi connectivity index (χ3n) is 3.41. The molecule has 0 atom stereocenters. The Morgan fingerprint density at radius 3 is 2.95 bits per heavy atom. The summed E-state index contributed by atoms with van der Waals surface area (Å²) in [7, 11) is 0. The molecule has 0 aliphatic rings. The quantitative estimate of drug-likeness (QED) is 0.754. The molecule has 2 heterocycles. The molecule has 0 saturated carbocycles. The lowest BCUT2D eigenvalue weighted by Crippen LogP contribution is -2.12. The number of hydrogen-bond acceptors (Lipinski definition) is 3. The SMILES string of the molecule is CCc1ccc(CCC(=O)Nc2cccc3cn[nH]c23)o1. The van der Waals surface area contributed by atoms with Gasteiger partial charge in [0.25, 0.3) is 0 Å². The first kappa shape index (κ1) is 13.4. The van der Waals surface area contributed by atoms with E-state index in [9.17, 15) is 4.79 Å². The Morgan fingerprint density at radius 2 is 2.14 bits per heavy atom. The highest BCUT2D eigenvalue weighted by Crippen LogP contribution is 2.20. The monoisotopic (exact) mass is 283 g/mol. The van der Waals surface area contributed by atoms with Gasteiger partial charge in [-0.3, -0.25) is 9.89 Å². The molecule has 2 N–H and O–H groups in total. The molecule has 1 aromatic carbocycles. The number of para-hydroxylation sites is 1. The maximum absolute atomic E-state index is 12.0. The molecule has 108 valence electrons. The topological polar surface area (TPSA) is 70.9 Å². The molecule has 5 heteroatoms. The molecular formula is C16H17N3O2. The van der Waals surface area contributed by atoms with Gasteiger partial charge in [0.05, 0.1) is 17.4 Å². The molecule has 21 heavy (non-hydrogen) atoms. The van der Waals surface area contributed by atoms with E-state index >= 15 is 0 Å². The Balaban J connectivity index is 1.62. The van der Waals surface area contributed by atoms with Crippen molar-refractivity contribution in [3.8, 4) is 0 Å². The maximum Gasteiger partial charge on any atom is 0.224 e. The van der Waals surface area contributed by atoms with E-state index in [0.717, 1.165) is 34.5 Å². The van der Waals surface area contributed by atoms with E-state index in [1.165, 1.54) is 0 Å². The van der Waals surface area contributed by atoms with Gasteiger partial charge in [-0.25, -0.2) is 0 Å². The van der Waals surface area contributed by atoms with Gasteiger partial charge < -0.3 is 9.73 Å². The Bertz CT molecular complexity index is 758. The zero-order valence-corrected chi connectivity index (χ0v) is 11.8. The Kier molecular flexibility index (Phi) is 3.73.